The molecule has 0 atom stereocenters. The van der Waals surface area contributed by atoms with Gasteiger partial charge in [-0.3, -0.25) is 4.79 Å². The van der Waals surface area contributed by atoms with Crippen molar-refractivity contribution in [3.05, 3.63) is 84.2 Å². The summed E-state index contributed by atoms with van der Waals surface area (Å²) in [6, 6.07) is 16.8. The predicted molar refractivity (Wildman–Crippen MR) is 102 cm³/mol. The topological polar surface area (TPSA) is 77.6 Å². The Bertz CT molecular complexity index is 1080. The third-order valence-electron chi connectivity index (χ3n) is 4.20. The van der Waals surface area contributed by atoms with E-state index < -0.39 is 0 Å². The second kappa shape index (κ2) is 6.87. The Morgan fingerprint density at radius 1 is 1.04 bits per heavy atom. The molecule has 2 aromatic carbocycles. The minimum Gasteiger partial charge on any atom is -0.320 e. The molecule has 0 unspecified atom stereocenters. The molecule has 2 heterocycles. The minimum absolute atomic E-state index is 0.186. The van der Waals surface area contributed by atoms with Crippen molar-refractivity contribution in [2.75, 3.05) is 5.32 Å². The second-order valence-corrected chi connectivity index (χ2v) is 6.20. The van der Waals surface area contributed by atoms with E-state index in [-0.39, 0.29) is 5.91 Å². The molecule has 4 rings (SSSR count). The van der Waals surface area contributed by atoms with Crippen LogP contribution in [0.1, 0.15) is 21.7 Å². The molecule has 0 radical (unpaired) electrons. The molecule has 0 aliphatic carbocycles. The molecule has 0 saturated carbocycles. The number of anilines is 1. The number of nitrogens with zero attached hydrogens (tertiary/aromatic N) is 5. The molecular weight excluding hydrogens is 340 g/mol. The Morgan fingerprint density at radius 3 is 2.48 bits per heavy atom. The highest BCUT2D eigenvalue weighted by molar-refractivity contribution is 6.05. The van der Waals surface area contributed by atoms with Gasteiger partial charge in [-0.1, -0.05) is 12.1 Å². The van der Waals surface area contributed by atoms with Gasteiger partial charge in [0.05, 0.1) is 22.8 Å². The van der Waals surface area contributed by atoms with Crippen LogP contribution >= 0.6 is 0 Å². The van der Waals surface area contributed by atoms with Crippen molar-refractivity contribution in [3.63, 3.8) is 0 Å². The SMILES string of the molecule is Cc1cc(C)n(-c2ccccc2NC(=O)c2ccc(-n3cncn3)cc2)n1. The van der Waals surface area contributed by atoms with Crippen LogP contribution in [0, 0.1) is 13.8 Å². The average Bonchev–Trinajstić information content (AvgIpc) is 3.32. The van der Waals surface area contributed by atoms with Gasteiger partial charge in [-0.15, -0.1) is 0 Å². The van der Waals surface area contributed by atoms with Crippen LogP contribution < -0.4 is 5.32 Å². The normalized spacial score (nSPS) is 10.7. The molecule has 27 heavy (non-hydrogen) atoms. The number of benzene rings is 2. The van der Waals surface area contributed by atoms with Crippen molar-refractivity contribution >= 4 is 11.6 Å². The summed E-state index contributed by atoms with van der Waals surface area (Å²) in [5.41, 5.74) is 4.86. The number of rotatable bonds is 4. The van der Waals surface area contributed by atoms with Gasteiger partial charge in [-0.2, -0.15) is 10.2 Å². The molecule has 1 N–H and O–H groups in total. The molecule has 0 aliphatic heterocycles. The maximum Gasteiger partial charge on any atom is 0.255 e. The van der Waals surface area contributed by atoms with Crippen LogP contribution in [0.25, 0.3) is 11.4 Å². The number of hydrogen-bond acceptors (Lipinski definition) is 4. The van der Waals surface area contributed by atoms with Crippen LogP contribution in [0.4, 0.5) is 5.69 Å². The second-order valence-electron chi connectivity index (χ2n) is 6.20. The average molecular weight is 358 g/mol. The number of aromatic nitrogens is 5. The third kappa shape index (κ3) is 3.35. The van der Waals surface area contributed by atoms with Crippen molar-refractivity contribution in [3.8, 4) is 11.4 Å². The number of nitrogens with one attached hydrogen (secondary N) is 1. The molecule has 1 amide bonds. The van der Waals surface area contributed by atoms with E-state index in [4.69, 9.17) is 0 Å². The summed E-state index contributed by atoms with van der Waals surface area (Å²) in [6.45, 7) is 3.93. The summed E-state index contributed by atoms with van der Waals surface area (Å²) in [7, 11) is 0. The number of carbonyl (C=O) groups is 1. The monoisotopic (exact) mass is 358 g/mol. The van der Waals surface area contributed by atoms with Crippen molar-refractivity contribution in [2.24, 2.45) is 0 Å². The fourth-order valence-corrected chi connectivity index (χ4v) is 2.94. The number of amides is 1. The van der Waals surface area contributed by atoms with Gasteiger partial charge < -0.3 is 5.32 Å². The van der Waals surface area contributed by atoms with Crippen LogP contribution in [0.5, 0.6) is 0 Å². The van der Waals surface area contributed by atoms with Gasteiger partial charge in [-0.25, -0.2) is 14.3 Å². The number of para-hydroxylation sites is 2. The van der Waals surface area contributed by atoms with Gasteiger partial charge in [0, 0.05) is 11.3 Å². The molecule has 7 heteroatoms. The zero-order valence-corrected chi connectivity index (χ0v) is 15.0. The Balaban J connectivity index is 1.59. The zero-order valence-electron chi connectivity index (χ0n) is 15.0. The summed E-state index contributed by atoms with van der Waals surface area (Å²) in [5, 5.41) is 11.6. The number of aryl methyl sites for hydroxylation is 2. The Kier molecular flexibility index (Phi) is 4.25. The summed E-state index contributed by atoms with van der Waals surface area (Å²) in [5.74, 6) is -0.186. The highest BCUT2D eigenvalue weighted by Gasteiger charge is 2.12. The van der Waals surface area contributed by atoms with Gasteiger partial charge >= 0.3 is 0 Å². The molecule has 0 fully saturated rings. The van der Waals surface area contributed by atoms with Crippen molar-refractivity contribution < 1.29 is 4.79 Å². The lowest BCUT2D eigenvalue weighted by Crippen LogP contribution is -2.14. The number of carbonyl (C=O) groups excluding carboxylic acids is 1. The van der Waals surface area contributed by atoms with Crippen LogP contribution in [-0.4, -0.2) is 30.5 Å². The molecule has 134 valence electrons. The maximum atomic E-state index is 12.7. The van der Waals surface area contributed by atoms with Crippen LogP contribution in [0.15, 0.2) is 67.3 Å². The van der Waals surface area contributed by atoms with E-state index in [0.717, 1.165) is 22.8 Å². The van der Waals surface area contributed by atoms with Crippen LogP contribution in [-0.2, 0) is 0 Å². The van der Waals surface area contributed by atoms with Gasteiger partial charge in [0.25, 0.3) is 5.91 Å². The standard InChI is InChI=1S/C20H18N6O/c1-14-11-15(2)26(24-14)19-6-4-3-5-18(19)23-20(27)16-7-9-17(10-8-16)25-13-21-12-22-25/h3-13H,1-2H3,(H,23,27). The van der Waals surface area contributed by atoms with Gasteiger partial charge in [0.2, 0.25) is 0 Å². The Labute approximate surface area is 156 Å². The van der Waals surface area contributed by atoms with E-state index in [1.54, 1.807) is 23.1 Å². The third-order valence-corrected chi connectivity index (χ3v) is 4.20. The Morgan fingerprint density at radius 2 is 1.81 bits per heavy atom. The first-order valence-electron chi connectivity index (χ1n) is 8.51. The van der Waals surface area contributed by atoms with Gasteiger partial charge in [-0.05, 0) is 56.3 Å². The predicted octanol–water partition coefficient (Wildman–Crippen LogP) is 3.32. The van der Waals surface area contributed by atoms with Crippen LogP contribution in [0.2, 0.25) is 0 Å². The largest absolute Gasteiger partial charge is 0.320 e. The van der Waals surface area contributed by atoms with E-state index in [1.165, 1.54) is 6.33 Å². The highest BCUT2D eigenvalue weighted by atomic mass is 16.1. The molecule has 7 nitrogen and oxygen atoms in total. The fourth-order valence-electron chi connectivity index (χ4n) is 2.94. The fraction of sp³-hybridized carbons (Fsp3) is 0.100. The summed E-state index contributed by atoms with van der Waals surface area (Å²) in [6.07, 6.45) is 3.08. The Hall–Kier alpha value is -3.74. The van der Waals surface area contributed by atoms with Gasteiger partial charge in [0.15, 0.2) is 0 Å². The molecular formula is C20H18N6O. The molecule has 0 saturated heterocycles. The first-order chi connectivity index (χ1) is 13.1. The lowest BCUT2D eigenvalue weighted by Gasteiger charge is -2.12. The zero-order chi connectivity index (χ0) is 18.8. The molecule has 0 aliphatic rings. The van der Waals surface area contributed by atoms with Gasteiger partial charge in [0.1, 0.15) is 12.7 Å². The lowest BCUT2D eigenvalue weighted by molar-refractivity contribution is 0.102. The summed E-state index contributed by atoms with van der Waals surface area (Å²) in [4.78, 5) is 16.6. The highest BCUT2D eigenvalue weighted by Crippen LogP contribution is 2.22. The summed E-state index contributed by atoms with van der Waals surface area (Å²) < 4.78 is 3.47. The number of hydrogen-bond donors (Lipinski definition) is 1. The van der Waals surface area contributed by atoms with Crippen LogP contribution in [0.3, 0.4) is 0 Å². The van der Waals surface area contributed by atoms with E-state index >= 15 is 0 Å². The molecule has 0 bridgehead atoms. The van der Waals surface area contributed by atoms with Crippen molar-refractivity contribution in [1.82, 2.24) is 24.5 Å². The first kappa shape index (κ1) is 16.7. The van der Waals surface area contributed by atoms with E-state index in [9.17, 15) is 4.79 Å². The van der Waals surface area contributed by atoms with E-state index in [1.807, 2.05) is 61.0 Å². The molecule has 2 aromatic heterocycles. The summed E-state index contributed by atoms with van der Waals surface area (Å²) >= 11 is 0. The van der Waals surface area contributed by atoms with Crippen molar-refractivity contribution in [1.29, 1.82) is 0 Å². The molecule has 0 spiro atoms. The maximum absolute atomic E-state index is 12.7. The smallest absolute Gasteiger partial charge is 0.255 e. The first-order valence-corrected chi connectivity index (χ1v) is 8.51. The van der Waals surface area contributed by atoms with E-state index in [0.29, 0.717) is 11.3 Å². The minimum atomic E-state index is -0.186. The van der Waals surface area contributed by atoms with Crippen molar-refractivity contribution in [2.45, 2.75) is 13.8 Å². The quantitative estimate of drug-likeness (QED) is 0.607. The molecule has 4 aromatic rings. The van der Waals surface area contributed by atoms with E-state index in [2.05, 4.69) is 20.5 Å². The lowest BCUT2D eigenvalue weighted by atomic mass is 10.2.